The smallest absolute Gasteiger partial charge is 0.255 e. The Hall–Kier alpha value is -1.90. The van der Waals surface area contributed by atoms with Crippen LogP contribution in [0.25, 0.3) is 0 Å². The van der Waals surface area contributed by atoms with Gasteiger partial charge in [-0.25, -0.2) is 0 Å². The Labute approximate surface area is 125 Å². The lowest BCUT2D eigenvalue weighted by Gasteiger charge is -2.31. The van der Waals surface area contributed by atoms with E-state index in [1.165, 1.54) is 0 Å². The number of Topliss-reactive ketones (excluding diaryl/α,β-unsaturated/α-hetero) is 1. The highest BCUT2D eigenvalue weighted by molar-refractivity contribution is 6.05. The Kier molecular flexibility index (Phi) is 3.05. The zero-order valence-corrected chi connectivity index (χ0v) is 12.8. The van der Waals surface area contributed by atoms with Crippen molar-refractivity contribution in [1.29, 1.82) is 0 Å². The van der Waals surface area contributed by atoms with Gasteiger partial charge >= 0.3 is 0 Å². The minimum Gasteiger partial charge on any atom is -0.328 e. The van der Waals surface area contributed by atoms with Gasteiger partial charge in [0.25, 0.3) is 5.91 Å². The molecule has 0 aromatic heterocycles. The van der Waals surface area contributed by atoms with Crippen LogP contribution in [0.1, 0.15) is 44.0 Å². The van der Waals surface area contributed by atoms with Crippen molar-refractivity contribution in [2.45, 2.75) is 33.6 Å². The third-order valence-electron chi connectivity index (χ3n) is 5.76. The molecule has 0 heterocycles. The molecule has 1 N–H and O–H groups in total. The quantitative estimate of drug-likeness (QED) is 0.846. The summed E-state index contributed by atoms with van der Waals surface area (Å²) in [6.07, 6.45) is 3.63. The fourth-order valence-electron chi connectivity index (χ4n) is 3.91. The first-order valence-corrected chi connectivity index (χ1v) is 7.49. The molecule has 2 saturated carbocycles. The number of ketones is 1. The SMILES string of the molecule is CC1(C)[C@@H]2CC[C@@]1(C)C(=O)/C2=C\NC(=O)c1ccccc1. The van der Waals surface area contributed by atoms with Crippen LogP contribution in [0.4, 0.5) is 0 Å². The van der Waals surface area contributed by atoms with Crippen molar-refractivity contribution < 1.29 is 9.59 Å². The minimum absolute atomic E-state index is 0.0204. The van der Waals surface area contributed by atoms with Crippen molar-refractivity contribution in [3.8, 4) is 0 Å². The van der Waals surface area contributed by atoms with Crippen LogP contribution in [0.5, 0.6) is 0 Å². The van der Waals surface area contributed by atoms with Crippen molar-refractivity contribution >= 4 is 11.7 Å². The molecular weight excluding hydrogens is 262 g/mol. The van der Waals surface area contributed by atoms with E-state index < -0.39 is 0 Å². The fourth-order valence-corrected chi connectivity index (χ4v) is 3.91. The zero-order chi connectivity index (χ0) is 15.3. The largest absolute Gasteiger partial charge is 0.328 e. The van der Waals surface area contributed by atoms with Crippen LogP contribution in [-0.2, 0) is 4.79 Å². The van der Waals surface area contributed by atoms with E-state index in [-0.39, 0.29) is 28.4 Å². The molecule has 21 heavy (non-hydrogen) atoms. The number of nitrogens with one attached hydrogen (secondary N) is 1. The zero-order valence-electron chi connectivity index (χ0n) is 12.8. The van der Waals surface area contributed by atoms with E-state index >= 15 is 0 Å². The van der Waals surface area contributed by atoms with Crippen LogP contribution in [-0.4, -0.2) is 11.7 Å². The lowest BCUT2D eigenvalue weighted by Crippen LogP contribution is -2.32. The molecule has 0 unspecified atom stereocenters. The summed E-state index contributed by atoms with van der Waals surface area (Å²) in [5.74, 6) is 0.296. The molecule has 3 nitrogen and oxygen atoms in total. The molecule has 3 heteroatoms. The standard InChI is InChI=1S/C18H21NO2/c1-17(2)14-9-10-18(17,3)15(20)13(14)11-19-16(21)12-7-5-4-6-8-12/h4-8,11,14H,9-10H2,1-3H3,(H,19,21)/b13-11-/t14-,18+/m1/s1. The van der Waals surface area contributed by atoms with Crippen molar-refractivity contribution in [3.63, 3.8) is 0 Å². The first-order valence-electron chi connectivity index (χ1n) is 7.49. The van der Waals surface area contributed by atoms with Crippen LogP contribution < -0.4 is 5.32 Å². The lowest BCUT2D eigenvalue weighted by atomic mass is 9.70. The van der Waals surface area contributed by atoms with Gasteiger partial charge in [0.05, 0.1) is 0 Å². The molecule has 0 radical (unpaired) electrons. The van der Waals surface area contributed by atoms with Gasteiger partial charge < -0.3 is 5.32 Å². The van der Waals surface area contributed by atoms with Crippen molar-refractivity contribution in [2.75, 3.05) is 0 Å². The van der Waals surface area contributed by atoms with E-state index in [1.807, 2.05) is 18.2 Å². The molecular formula is C18H21NO2. The summed E-state index contributed by atoms with van der Waals surface area (Å²) >= 11 is 0. The second-order valence-electron chi connectivity index (χ2n) is 6.91. The summed E-state index contributed by atoms with van der Waals surface area (Å²) in [5.41, 5.74) is 1.10. The Balaban J connectivity index is 1.83. The molecule has 2 aliphatic rings. The number of amides is 1. The molecule has 2 atom stereocenters. The maximum absolute atomic E-state index is 12.6. The summed E-state index contributed by atoms with van der Waals surface area (Å²) in [6, 6.07) is 9.06. The Morgan fingerprint density at radius 2 is 1.90 bits per heavy atom. The minimum atomic E-state index is -0.277. The summed E-state index contributed by atoms with van der Waals surface area (Å²) in [5, 5.41) is 2.79. The third-order valence-corrected chi connectivity index (χ3v) is 5.76. The summed E-state index contributed by atoms with van der Waals surface area (Å²) in [4.78, 5) is 24.7. The number of rotatable bonds is 2. The van der Waals surface area contributed by atoms with Gasteiger partial charge in [-0.2, -0.15) is 0 Å². The van der Waals surface area contributed by atoms with Crippen molar-refractivity contribution in [1.82, 2.24) is 5.32 Å². The maximum Gasteiger partial charge on any atom is 0.255 e. The Bertz CT molecular complexity index is 630. The van der Waals surface area contributed by atoms with Gasteiger partial charge in [0, 0.05) is 22.8 Å². The van der Waals surface area contributed by atoms with E-state index in [0.29, 0.717) is 5.56 Å². The van der Waals surface area contributed by atoms with E-state index in [9.17, 15) is 9.59 Å². The average Bonchev–Trinajstić information content (AvgIpc) is 2.78. The molecule has 110 valence electrons. The molecule has 1 aromatic carbocycles. The molecule has 2 bridgehead atoms. The number of benzene rings is 1. The van der Waals surface area contributed by atoms with Crippen molar-refractivity contribution in [3.05, 3.63) is 47.7 Å². The van der Waals surface area contributed by atoms with E-state index in [1.54, 1.807) is 18.3 Å². The predicted octanol–water partition coefficient (Wildman–Crippen LogP) is 3.33. The number of carbonyl (C=O) groups excluding carboxylic acids is 2. The summed E-state index contributed by atoms with van der Waals surface area (Å²) in [7, 11) is 0. The van der Waals surface area contributed by atoms with Crippen LogP contribution in [0.15, 0.2) is 42.1 Å². The molecule has 2 fully saturated rings. The Morgan fingerprint density at radius 1 is 1.24 bits per heavy atom. The van der Waals surface area contributed by atoms with Crippen LogP contribution in [0.2, 0.25) is 0 Å². The molecule has 1 aromatic rings. The van der Waals surface area contributed by atoms with Gasteiger partial charge in [0.2, 0.25) is 0 Å². The number of allylic oxidation sites excluding steroid dienone is 1. The topological polar surface area (TPSA) is 46.2 Å². The highest BCUT2D eigenvalue weighted by Gasteiger charge is 2.63. The van der Waals surface area contributed by atoms with Crippen LogP contribution in [0, 0.1) is 16.7 Å². The maximum atomic E-state index is 12.6. The van der Waals surface area contributed by atoms with Gasteiger partial charge in [-0.1, -0.05) is 39.0 Å². The van der Waals surface area contributed by atoms with Gasteiger partial charge in [-0.05, 0) is 36.3 Å². The normalized spacial score (nSPS) is 31.7. The van der Waals surface area contributed by atoms with Crippen LogP contribution in [0.3, 0.4) is 0 Å². The first-order chi connectivity index (χ1) is 9.88. The Morgan fingerprint density at radius 3 is 2.48 bits per heavy atom. The highest BCUT2D eigenvalue weighted by Crippen LogP contribution is 2.65. The number of hydrogen-bond acceptors (Lipinski definition) is 2. The summed E-state index contributed by atoms with van der Waals surface area (Å²) in [6.45, 7) is 6.40. The lowest BCUT2D eigenvalue weighted by molar-refractivity contribution is -0.125. The second kappa shape index (κ2) is 4.55. The molecule has 0 aliphatic heterocycles. The van der Waals surface area contributed by atoms with E-state index in [2.05, 4.69) is 26.1 Å². The van der Waals surface area contributed by atoms with Crippen LogP contribution >= 0.6 is 0 Å². The summed E-state index contributed by atoms with van der Waals surface area (Å²) < 4.78 is 0. The number of hydrogen-bond donors (Lipinski definition) is 1. The highest BCUT2D eigenvalue weighted by atomic mass is 16.1. The van der Waals surface area contributed by atoms with Gasteiger partial charge in [-0.15, -0.1) is 0 Å². The van der Waals surface area contributed by atoms with Gasteiger partial charge in [0.15, 0.2) is 5.78 Å². The van der Waals surface area contributed by atoms with Gasteiger partial charge in [0.1, 0.15) is 0 Å². The van der Waals surface area contributed by atoms with Crippen molar-refractivity contribution in [2.24, 2.45) is 16.7 Å². The van der Waals surface area contributed by atoms with E-state index in [0.717, 1.165) is 18.4 Å². The fraction of sp³-hybridized carbons (Fsp3) is 0.444. The predicted molar refractivity (Wildman–Crippen MR) is 81.6 cm³/mol. The molecule has 2 aliphatic carbocycles. The molecule has 0 spiro atoms. The monoisotopic (exact) mass is 283 g/mol. The first kappa shape index (κ1) is 14.1. The number of fused-ring (bicyclic) bond motifs is 2. The third kappa shape index (κ3) is 1.87. The van der Waals surface area contributed by atoms with Gasteiger partial charge in [-0.3, -0.25) is 9.59 Å². The molecule has 1 amide bonds. The molecule has 3 rings (SSSR count). The average molecular weight is 283 g/mol. The number of carbonyl (C=O) groups is 2. The van der Waals surface area contributed by atoms with E-state index in [4.69, 9.17) is 0 Å². The second-order valence-corrected chi connectivity index (χ2v) is 6.91. The molecule has 0 saturated heterocycles.